The maximum absolute atomic E-state index is 14.8. The van der Waals surface area contributed by atoms with E-state index in [1.165, 1.54) is 18.2 Å². The van der Waals surface area contributed by atoms with Crippen molar-refractivity contribution in [3.63, 3.8) is 0 Å². The summed E-state index contributed by atoms with van der Waals surface area (Å²) in [6.07, 6.45) is 7.67. The van der Waals surface area contributed by atoms with E-state index in [0.717, 1.165) is 0 Å². The molecule has 0 N–H and O–H groups in total. The fourth-order valence-corrected chi connectivity index (χ4v) is 2.65. The second-order valence-corrected chi connectivity index (χ2v) is 5.93. The van der Waals surface area contributed by atoms with Gasteiger partial charge in [0.1, 0.15) is 11.6 Å². The Hall–Kier alpha value is -2.76. The Morgan fingerprint density at radius 2 is 2.12 bits per heavy atom. The van der Waals surface area contributed by atoms with E-state index in [0.29, 0.717) is 36.0 Å². The summed E-state index contributed by atoms with van der Waals surface area (Å²) in [6, 6.07) is 6.23. The van der Waals surface area contributed by atoms with Crippen LogP contribution in [0.15, 0.2) is 64.4 Å². The highest BCUT2D eigenvalue weighted by Gasteiger charge is 2.18. The third kappa shape index (κ3) is 4.21. The molecular formula is C19H19F2N3O. The van der Waals surface area contributed by atoms with E-state index < -0.39 is 5.92 Å². The smallest absolute Gasteiger partial charge is 0.227 e. The summed E-state index contributed by atoms with van der Waals surface area (Å²) < 4.78 is 33.5. The van der Waals surface area contributed by atoms with Gasteiger partial charge in [-0.25, -0.2) is 8.78 Å². The van der Waals surface area contributed by atoms with Gasteiger partial charge in [-0.3, -0.25) is 0 Å². The first-order valence-corrected chi connectivity index (χ1v) is 8.03. The molecule has 1 heterocycles. The van der Waals surface area contributed by atoms with Crippen molar-refractivity contribution in [2.45, 2.75) is 19.3 Å². The minimum absolute atomic E-state index is 0.318. The summed E-state index contributed by atoms with van der Waals surface area (Å²) >= 11 is 0. The topological polar surface area (TPSA) is 42.2 Å². The molecule has 25 heavy (non-hydrogen) atoms. The SMILES string of the molecule is Cc1nnc(C2C=CC/C=C(CN(C)c3cccc(F)c3)\C(F)=C/2)o1. The molecule has 0 spiro atoms. The normalized spacial score (nSPS) is 21.7. The minimum atomic E-state index is -0.399. The first kappa shape index (κ1) is 17.1. The molecule has 0 bridgehead atoms. The van der Waals surface area contributed by atoms with Crippen LogP contribution in [0.5, 0.6) is 0 Å². The van der Waals surface area contributed by atoms with Gasteiger partial charge in [-0.15, -0.1) is 10.2 Å². The van der Waals surface area contributed by atoms with Crippen molar-refractivity contribution in [3.8, 4) is 0 Å². The lowest BCUT2D eigenvalue weighted by Crippen LogP contribution is -2.21. The number of aromatic nitrogens is 2. The summed E-state index contributed by atoms with van der Waals surface area (Å²) in [4.78, 5) is 1.81. The van der Waals surface area contributed by atoms with E-state index in [4.69, 9.17) is 4.42 Å². The van der Waals surface area contributed by atoms with Crippen LogP contribution in [-0.4, -0.2) is 23.8 Å². The van der Waals surface area contributed by atoms with Crippen LogP contribution in [-0.2, 0) is 0 Å². The Morgan fingerprint density at radius 1 is 1.28 bits per heavy atom. The zero-order valence-electron chi connectivity index (χ0n) is 14.1. The summed E-state index contributed by atoms with van der Waals surface area (Å²) in [5.41, 5.74) is 1.23. The third-order valence-electron chi connectivity index (χ3n) is 3.96. The van der Waals surface area contributed by atoms with Crippen molar-refractivity contribution in [2.24, 2.45) is 0 Å². The molecular weight excluding hydrogens is 324 g/mol. The van der Waals surface area contributed by atoms with Crippen LogP contribution >= 0.6 is 0 Å². The van der Waals surface area contributed by atoms with Gasteiger partial charge >= 0.3 is 0 Å². The molecule has 1 aliphatic rings. The molecule has 0 amide bonds. The van der Waals surface area contributed by atoms with Crippen molar-refractivity contribution in [2.75, 3.05) is 18.5 Å². The zero-order chi connectivity index (χ0) is 17.8. The lowest BCUT2D eigenvalue weighted by atomic mass is 10.0. The molecule has 0 saturated heterocycles. The number of halogens is 2. The first-order chi connectivity index (χ1) is 12.0. The van der Waals surface area contributed by atoms with Gasteiger partial charge in [0.2, 0.25) is 11.8 Å². The van der Waals surface area contributed by atoms with E-state index in [1.807, 2.05) is 18.2 Å². The third-order valence-corrected chi connectivity index (χ3v) is 3.96. The lowest BCUT2D eigenvalue weighted by Gasteiger charge is -2.21. The number of nitrogens with zero attached hydrogens (tertiary/aromatic N) is 3. The van der Waals surface area contributed by atoms with E-state index in [1.54, 1.807) is 31.0 Å². The van der Waals surface area contributed by atoms with Crippen molar-refractivity contribution in [1.29, 1.82) is 0 Å². The largest absolute Gasteiger partial charge is 0.425 e. The maximum Gasteiger partial charge on any atom is 0.227 e. The van der Waals surface area contributed by atoms with Crippen LogP contribution in [0.4, 0.5) is 14.5 Å². The lowest BCUT2D eigenvalue weighted by molar-refractivity contribution is 0.464. The predicted molar refractivity (Wildman–Crippen MR) is 92.5 cm³/mol. The van der Waals surface area contributed by atoms with Crippen molar-refractivity contribution >= 4 is 5.69 Å². The Bertz CT molecular complexity index is 839. The quantitative estimate of drug-likeness (QED) is 0.768. The second-order valence-electron chi connectivity index (χ2n) is 5.93. The monoisotopic (exact) mass is 343 g/mol. The zero-order valence-corrected chi connectivity index (χ0v) is 14.1. The Morgan fingerprint density at radius 3 is 2.84 bits per heavy atom. The number of allylic oxidation sites excluding steroid dienone is 4. The summed E-state index contributed by atoms with van der Waals surface area (Å²) in [5.74, 6) is -0.246. The van der Waals surface area contributed by atoms with Crippen molar-refractivity contribution < 1.29 is 13.2 Å². The summed E-state index contributed by atoms with van der Waals surface area (Å²) in [7, 11) is 1.80. The van der Waals surface area contributed by atoms with Crippen LogP contribution in [0, 0.1) is 12.7 Å². The van der Waals surface area contributed by atoms with Crippen LogP contribution in [0.1, 0.15) is 24.1 Å². The maximum atomic E-state index is 14.8. The molecule has 1 aromatic heterocycles. The first-order valence-electron chi connectivity index (χ1n) is 8.03. The van der Waals surface area contributed by atoms with Crippen molar-refractivity contribution in [1.82, 2.24) is 10.2 Å². The number of hydrogen-bond acceptors (Lipinski definition) is 4. The van der Waals surface area contributed by atoms with Gasteiger partial charge in [-0.2, -0.15) is 0 Å². The molecule has 0 saturated carbocycles. The Labute approximate surface area is 145 Å². The minimum Gasteiger partial charge on any atom is -0.425 e. The fourth-order valence-electron chi connectivity index (χ4n) is 2.65. The van der Waals surface area contributed by atoms with Crippen LogP contribution in [0.3, 0.4) is 0 Å². The second kappa shape index (κ2) is 7.42. The van der Waals surface area contributed by atoms with Gasteiger partial charge < -0.3 is 9.32 Å². The van der Waals surface area contributed by atoms with E-state index >= 15 is 0 Å². The van der Waals surface area contributed by atoms with Crippen LogP contribution < -0.4 is 4.90 Å². The molecule has 130 valence electrons. The highest BCUT2D eigenvalue weighted by atomic mass is 19.1. The fraction of sp³-hybridized carbons (Fsp3) is 0.263. The predicted octanol–water partition coefficient (Wildman–Crippen LogP) is 4.48. The van der Waals surface area contributed by atoms with Crippen molar-refractivity contribution in [3.05, 3.63) is 77.6 Å². The number of anilines is 1. The van der Waals surface area contributed by atoms with Crippen LogP contribution in [0.25, 0.3) is 0 Å². The molecule has 4 nitrogen and oxygen atoms in total. The molecule has 0 fully saturated rings. The van der Waals surface area contributed by atoms with Crippen LogP contribution in [0.2, 0.25) is 0 Å². The number of likely N-dealkylation sites (N-methyl/N-ethyl adjacent to an activating group) is 1. The van der Waals surface area contributed by atoms with Gasteiger partial charge in [-0.1, -0.05) is 24.3 Å². The molecule has 1 aliphatic carbocycles. The Balaban J connectivity index is 1.80. The standard InChI is InChI=1S/C19H19F2N3O/c1-13-22-23-19(25-13)14-6-3-4-7-15(18(21)10-14)12-24(2)17-9-5-8-16(20)11-17/h3,5-11,14H,4,12H2,1-2H3/b6-3?,15-7-,18-10+. The van der Waals surface area contributed by atoms with Gasteiger partial charge in [0.15, 0.2) is 0 Å². The van der Waals surface area contributed by atoms with Gasteiger partial charge in [0.25, 0.3) is 0 Å². The van der Waals surface area contributed by atoms with E-state index in [-0.39, 0.29) is 11.6 Å². The number of benzene rings is 1. The van der Waals surface area contributed by atoms with E-state index in [9.17, 15) is 8.78 Å². The molecule has 6 heteroatoms. The molecule has 1 unspecified atom stereocenters. The molecule has 2 aromatic rings. The summed E-state index contributed by atoms with van der Waals surface area (Å²) in [5, 5.41) is 7.76. The van der Waals surface area contributed by atoms with Gasteiger partial charge in [0, 0.05) is 31.8 Å². The summed E-state index contributed by atoms with van der Waals surface area (Å²) in [6.45, 7) is 2.03. The molecule has 1 aromatic carbocycles. The number of aryl methyl sites for hydroxylation is 1. The van der Waals surface area contributed by atoms with Gasteiger partial charge in [-0.05, 0) is 30.7 Å². The average molecular weight is 343 g/mol. The number of rotatable bonds is 4. The molecule has 1 atom stereocenters. The highest BCUT2D eigenvalue weighted by Crippen LogP contribution is 2.27. The highest BCUT2D eigenvalue weighted by molar-refractivity contribution is 5.48. The Kier molecular flexibility index (Phi) is 5.07. The number of hydrogen-bond donors (Lipinski definition) is 0. The molecule has 0 radical (unpaired) electrons. The molecule has 3 rings (SSSR count). The average Bonchev–Trinajstić information content (AvgIpc) is 3.00. The van der Waals surface area contributed by atoms with Gasteiger partial charge in [0.05, 0.1) is 5.92 Å². The molecule has 0 aliphatic heterocycles. The van der Waals surface area contributed by atoms with E-state index in [2.05, 4.69) is 10.2 Å².